The van der Waals surface area contributed by atoms with Crippen molar-refractivity contribution >= 4 is 11.9 Å². The largest absolute Gasteiger partial charge is 0.459 e. The van der Waals surface area contributed by atoms with Gasteiger partial charge in [-0.15, -0.1) is 6.58 Å². The normalized spacial score (nSPS) is 19.7. The van der Waals surface area contributed by atoms with Gasteiger partial charge in [0.1, 0.15) is 6.61 Å². The van der Waals surface area contributed by atoms with Crippen molar-refractivity contribution in [1.29, 1.82) is 0 Å². The van der Waals surface area contributed by atoms with E-state index in [2.05, 4.69) is 13.2 Å². The highest BCUT2D eigenvalue weighted by atomic mass is 16.7. The lowest BCUT2D eigenvalue weighted by Gasteiger charge is -2.27. The number of carbonyl (C=O) groups is 2. The van der Waals surface area contributed by atoms with E-state index >= 15 is 0 Å². The van der Waals surface area contributed by atoms with Gasteiger partial charge in [0.25, 0.3) is 0 Å². The standard InChI is InChI=1S/C19H30O6/c1-5-9-15(24-17-10-7-8-12-22-17)19(21)25-16(13-14(3)4)18(20)23-11-6-2/h5-6,14-17H,1-2,7-13H2,3-4H3/t15-,16-,17?/m0/s1. The molecule has 142 valence electrons. The molecule has 1 fully saturated rings. The lowest BCUT2D eigenvalue weighted by molar-refractivity contribution is -0.207. The molecule has 1 aliphatic heterocycles. The number of rotatable bonds is 11. The molecule has 0 bridgehead atoms. The molecule has 3 atom stereocenters. The number of hydrogen-bond donors (Lipinski definition) is 0. The quantitative estimate of drug-likeness (QED) is 0.419. The van der Waals surface area contributed by atoms with Crippen LogP contribution in [-0.4, -0.2) is 43.7 Å². The summed E-state index contributed by atoms with van der Waals surface area (Å²) >= 11 is 0. The predicted octanol–water partition coefficient (Wildman–Crippen LogP) is 3.16. The van der Waals surface area contributed by atoms with E-state index in [1.165, 1.54) is 6.08 Å². The number of carbonyl (C=O) groups excluding carboxylic acids is 2. The molecular formula is C19H30O6. The fraction of sp³-hybridized carbons (Fsp3) is 0.684. The lowest BCUT2D eigenvalue weighted by atomic mass is 10.1. The minimum absolute atomic E-state index is 0.0769. The number of ether oxygens (including phenoxy) is 4. The van der Waals surface area contributed by atoms with Gasteiger partial charge >= 0.3 is 11.9 Å². The summed E-state index contributed by atoms with van der Waals surface area (Å²) in [6.45, 7) is 11.7. The first-order chi connectivity index (χ1) is 12.0. The molecule has 1 rings (SSSR count). The molecular weight excluding hydrogens is 324 g/mol. The number of hydrogen-bond acceptors (Lipinski definition) is 6. The van der Waals surface area contributed by atoms with Gasteiger partial charge in [-0.05, 0) is 31.6 Å². The molecule has 0 aromatic heterocycles. The van der Waals surface area contributed by atoms with E-state index in [0.717, 1.165) is 19.3 Å². The summed E-state index contributed by atoms with van der Waals surface area (Å²) in [6.07, 6.45) is 4.19. The highest BCUT2D eigenvalue weighted by molar-refractivity contribution is 5.81. The summed E-state index contributed by atoms with van der Waals surface area (Å²) in [4.78, 5) is 24.6. The van der Waals surface area contributed by atoms with Gasteiger partial charge < -0.3 is 18.9 Å². The Morgan fingerprint density at radius 1 is 1.16 bits per heavy atom. The SMILES string of the molecule is C=CCOC(=O)[C@H](CC(C)C)OC(=O)[C@H](CC=C)OC1CCCCO1. The van der Waals surface area contributed by atoms with Crippen molar-refractivity contribution in [1.82, 2.24) is 0 Å². The molecule has 0 aliphatic carbocycles. The summed E-state index contributed by atoms with van der Waals surface area (Å²) in [5.74, 6) is -1.02. The minimum Gasteiger partial charge on any atom is -0.459 e. The second-order valence-corrected chi connectivity index (χ2v) is 6.42. The maximum absolute atomic E-state index is 12.5. The van der Waals surface area contributed by atoms with Gasteiger partial charge in [-0.1, -0.05) is 32.6 Å². The highest BCUT2D eigenvalue weighted by Gasteiger charge is 2.31. The van der Waals surface area contributed by atoms with Crippen molar-refractivity contribution < 1.29 is 28.5 Å². The Hall–Kier alpha value is -1.66. The average Bonchev–Trinajstić information content (AvgIpc) is 2.59. The van der Waals surface area contributed by atoms with Gasteiger partial charge in [-0.25, -0.2) is 9.59 Å². The zero-order valence-electron chi connectivity index (χ0n) is 15.3. The monoisotopic (exact) mass is 354 g/mol. The van der Waals surface area contributed by atoms with Crippen molar-refractivity contribution in [2.45, 2.75) is 64.4 Å². The summed E-state index contributed by atoms with van der Waals surface area (Å²) in [6, 6.07) is 0. The molecule has 25 heavy (non-hydrogen) atoms. The van der Waals surface area contributed by atoms with Crippen molar-refractivity contribution in [3.05, 3.63) is 25.3 Å². The maximum atomic E-state index is 12.5. The first-order valence-electron chi connectivity index (χ1n) is 8.83. The molecule has 6 heteroatoms. The molecule has 1 saturated heterocycles. The fourth-order valence-corrected chi connectivity index (χ4v) is 2.43. The zero-order chi connectivity index (χ0) is 18.7. The van der Waals surface area contributed by atoms with Crippen LogP contribution in [0.25, 0.3) is 0 Å². The Labute approximate surface area is 150 Å². The van der Waals surface area contributed by atoms with E-state index in [1.807, 2.05) is 13.8 Å². The lowest BCUT2D eigenvalue weighted by Crippen LogP contribution is -2.38. The van der Waals surface area contributed by atoms with E-state index in [9.17, 15) is 9.59 Å². The Morgan fingerprint density at radius 3 is 2.48 bits per heavy atom. The molecule has 0 radical (unpaired) electrons. The van der Waals surface area contributed by atoms with Crippen LogP contribution in [0.3, 0.4) is 0 Å². The Kier molecular flexibility index (Phi) is 10.1. The van der Waals surface area contributed by atoms with Crippen LogP contribution in [0.2, 0.25) is 0 Å². The minimum atomic E-state index is -0.962. The van der Waals surface area contributed by atoms with Gasteiger partial charge in [-0.3, -0.25) is 0 Å². The molecule has 0 spiro atoms. The maximum Gasteiger partial charge on any atom is 0.347 e. The van der Waals surface area contributed by atoms with E-state index in [0.29, 0.717) is 13.0 Å². The van der Waals surface area contributed by atoms with Gasteiger partial charge in [0.05, 0.1) is 0 Å². The van der Waals surface area contributed by atoms with E-state index < -0.39 is 30.4 Å². The van der Waals surface area contributed by atoms with Gasteiger partial charge in [0, 0.05) is 13.0 Å². The third kappa shape index (κ3) is 8.31. The fourth-order valence-electron chi connectivity index (χ4n) is 2.43. The molecule has 1 unspecified atom stereocenters. The third-order valence-electron chi connectivity index (χ3n) is 3.65. The highest BCUT2D eigenvalue weighted by Crippen LogP contribution is 2.19. The predicted molar refractivity (Wildman–Crippen MR) is 93.8 cm³/mol. The average molecular weight is 354 g/mol. The topological polar surface area (TPSA) is 71.1 Å². The summed E-state index contributed by atoms with van der Waals surface area (Å²) in [5, 5.41) is 0. The molecule has 1 aliphatic rings. The molecule has 1 heterocycles. The Balaban J connectivity index is 2.69. The van der Waals surface area contributed by atoms with Gasteiger partial charge in [-0.2, -0.15) is 0 Å². The van der Waals surface area contributed by atoms with Gasteiger partial charge in [0.2, 0.25) is 0 Å². The van der Waals surface area contributed by atoms with Crippen LogP contribution in [0.15, 0.2) is 25.3 Å². The molecule has 0 aromatic carbocycles. The zero-order valence-corrected chi connectivity index (χ0v) is 15.3. The molecule has 0 N–H and O–H groups in total. The first kappa shape index (κ1) is 21.4. The first-order valence-corrected chi connectivity index (χ1v) is 8.83. The summed E-state index contributed by atoms with van der Waals surface area (Å²) in [7, 11) is 0. The van der Waals surface area contributed by atoms with Crippen LogP contribution < -0.4 is 0 Å². The van der Waals surface area contributed by atoms with Crippen LogP contribution >= 0.6 is 0 Å². The molecule has 0 amide bonds. The van der Waals surface area contributed by atoms with E-state index in [4.69, 9.17) is 18.9 Å². The third-order valence-corrected chi connectivity index (χ3v) is 3.65. The number of esters is 2. The van der Waals surface area contributed by atoms with Crippen molar-refractivity contribution in [3.63, 3.8) is 0 Å². The smallest absolute Gasteiger partial charge is 0.347 e. The van der Waals surface area contributed by atoms with Crippen molar-refractivity contribution in [2.75, 3.05) is 13.2 Å². The van der Waals surface area contributed by atoms with Crippen LogP contribution in [0.4, 0.5) is 0 Å². The van der Waals surface area contributed by atoms with Crippen molar-refractivity contribution in [2.24, 2.45) is 5.92 Å². The van der Waals surface area contributed by atoms with Crippen molar-refractivity contribution in [3.8, 4) is 0 Å². The molecule has 0 saturated carbocycles. The van der Waals surface area contributed by atoms with Crippen LogP contribution in [0, 0.1) is 5.92 Å². The second-order valence-electron chi connectivity index (χ2n) is 6.42. The molecule has 6 nitrogen and oxygen atoms in total. The van der Waals surface area contributed by atoms with Crippen LogP contribution in [0.5, 0.6) is 0 Å². The summed E-state index contributed by atoms with van der Waals surface area (Å²) < 4.78 is 21.7. The Morgan fingerprint density at radius 2 is 1.92 bits per heavy atom. The second kappa shape index (κ2) is 11.8. The van der Waals surface area contributed by atoms with Gasteiger partial charge in [0.15, 0.2) is 18.5 Å². The molecule has 0 aromatic rings. The summed E-state index contributed by atoms with van der Waals surface area (Å²) in [5.41, 5.74) is 0. The van der Waals surface area contributed by atoms with E-state index in [1.54, 1.807) is 6.08 Å². The van der Waals surface area contributed by atoms with Crippen LogP contribution in [-0.2, 0) is 28.5 Å². The van der Waals surface area contributed by atoms with Crippen LogP contribution in [0.1, 0.15) is 46.0 Å². The van der Waals surface area contributed by atoms with E-state index in [-0.39, 0.29) is 18.9 Å². The Bertz CT molecular complexity index is 439.